The Morgan fingerprint density at radius 2 is 1.96 bits per heavy atom. The van der Waals surface area contributed by atoms with Gasteiger partial charge in [0.1, 0.15) is 0 Å². The van der Waals surface area contributed by atoms with Crippen LogP contribution in [0.5, 0.6) is 0 Å². The van der Waals surface area contributed by atoms with Gasteiger partial charge in [-0.05, 0) is 43.9 Å². The lowest BCUT2D eigenvalue weighted by atomic mass is 9.90. The molecule has 146 valence electrons. The molecule has 0 spiro atoms. The number of rotatable bonds is 7. The van der Waals surface area contributed by atoms with Gasteiger partial charge in [-0.15, -0.1) is 12.4 Å². The third-order valence-corrected chi connectivity index (χ3v) is 5.89. The molecule has 0 aromatic carbocycles. The van der Waals surface area contributed by atoms with Crippen molar-refractivity contribution in [2.45, 2.75) is 38.7 Å². The Labute approximate surface area is 157 Å². The quantitative estimate of drug-likeness (QED) is 0.736. The van der Waals surface area contributed by atoms with Gasteiger partial charge in [0.15, 0.2) is 0 Å². The first-order chi connectivity index (χ1) is 11.7. The second kappa shape index (κ2) is 9.95. The highest BCUT2D eigenvalue weighted by atomic mass is 35.5. The number of nitrogens with zero attached hydrogens (tertiary/aromatic N) is 2. The first kappa shape index (κ1) is 20.7. The van der Waals surface area contributed by atoms with Gasteiger partial charge in [-0.1, -0.05) is 6.42 Å². The van der Waals surface area contributed by atoms with Crippen molar-refractivity contribution in [3.05, 3.63) is 0 Å². The van der Waals surface area contributed by atoms with Gasteiger partial charge in [0.2, 0.25) is 0 Å². The van der Waals surface area contributed by atoms with Gasteiger partial charge in [-0.3, -0.25) is 4.90 Å². The molecule has 3 rings (SSSR count). The van der Waals surface area contributed by atoms with Crippen LogP contribution >= 0.6 is 12.4 Å². The fourth-order valence-corrected chi connectivity index (χ4v) is 4.61. The Bertz CT molecular complexity index is 418. The van der Waals surface area contributed by atoms with E-state index in [2.05, 4.69) is 4.90 Å². The lowest BCUT2D eigenvalue weighted by Gasteiger charge is -2.35. The molecule has 1 amide bonds. The standard InChI is InChI=1S/C18H32N2O4.ClH/c1-2-24-18(22)20-7-5-19(6-8-20)11-17(21)13-23-12-16-10-14-3-4-15(16)9-14;/h14-17,21H,2-13H2,1H3;1H. The topological polar surface area (TPSA) is 62.2 Å². The molecule has 2 saturated carbocycles. The first-order valence-electron chi connectivity index (χ1n) is 9.55. The number of carbonyl (C=O) groups is 1. The summed E-state index contributed by atoms with van der Waals surface area (Å²) in [6, 6.07) is 0. The summed E-state index contributed by atoms with van der Waals surface area (Å²) in [7, 11) is 0. The predicted octanol–water partition coefficient (Wildman–Crippen LogP) is 2.00. The summed E-state index contributed by atoms with van der Waals surface area (Å²) in [5.74, 6) is 2.55. The molecule has 2 bridgehead atoms. The molecule has 3 aliphatic rings. The molecule has 1 heterocycles. The number of aliphatic hydroxyl groups is 1. The van der Waals surface area contributed by atoms with Crippen LogP contribution in [0.1, 0.15) is 32.6 Å². The average molecular weight is 377 g/mol. The van der Waals surface area contributed by atoms with E-state index in [4.69, 9.17) is 9.47 Å². The largest absolute Gasteiger partial charge is 0.450 e. The normalized spacial score (nSPS) is 30.2. The predicted molar refractivity (Wildman–Crippen MR) is 98.0 cm³/mol. The maximum atomic E-state index is 11.7. The maximum absolute atomic E-state index is 11.7. The van der Waals surface area contributed by atoms with Crippen molar-refractivity contribution in [3.8, 4) is 0 Å². The Morgan fingerprint density at radius 3 is 2.56 bits per heavy atom. The van der Waals surface area contributed by atoms with Crippen molar-refractivity contribution in [1.82, 2.24) is 9.80 Å². The number of fused-ring (bicyclic) bond motifs is 2. The number of aliphatic hydroxyl groups excluding tert-OH is 1. The Morgan fingerprint density at radius 1 is 1.20 bits per heavy atom. The van der Waals surface area contributed by atoms with Gasteiger partial charge >= 0.3 is 6.09 Å². The van der Waals surface area contributed by atoms with Crippen molar-refractivity contribution < 1.29 is 19.4 Å². The van der Waals surface area contributed by atoms with E-state index in [1.807, 2.05) is 6.92 Å². The Balaban J connectivity index is 0.00000225. The third kappa shape index (κ3) is 5.71. The number of halogens is 1. The molecule has 25 heavy (non-hydrogen) atoms. The molecular formula is C18H33ClN2O4. The van der Waals surface area contributed by atoms with Crippen LogP contribution in [0.15, 0.2) is 0 Å². The minimum atomic E-state index is -0.447. The number of amides is 1. The van der Waals surface area contributed by atoms with Crippen LogP contribution in [-0.2, 0) is 9.47 Å². The van der Waals surface area contributed by atoms with Crippen LogP contribution in [0.25, 0.3) is 0 Å². The lowest BCUT2D eigenvalue weighted by Crippen LogP contribution is -2.51. The lowest BCUT2D eigenvalue weighted by molar-refractivity contribution is -0.00854. The summed E-state index contributed by atoms with van der Waals surface area (Å²) in [6.07, 6.45) is 4.86. The Hall–Kier alpha value is -0.560. The molecule has 1 saturated heterocycles. The number of piperazine rings is 1. The fourth-order valence-electron chi connectivity index (χ4n) is 4.61. The molecule has 4 unspecified atom stereocenters. The van der Waals surface area contributed by atoms with E-state index in [-0.39, 0.29) is 18.5 Å². The number of hydrogen-bond acceptors (Lipinski definition) is 5. The van der Waals surface area contributed by atoms with Crippen molar-refractivity contribution in [3.63, 3.8) is 0 Å². The van der Waals surface area contributed by atoms with Crippen molar-refractivity contribution >= 4 is 18.5 Å². The van der Waals surface area contributed by atoms with E-state index in [1.54, 1.807) is 4.90 Å². The van der Waals surface area contributed by atoms with Gasteiger partial charge < -0.3 is 19.5 Å². The highest BCUT2D eigenvalue weighted by molar-refractivity contribution is 5.85. The van der Waals surface area contributed by atoms with E-state index < -0.39 is 6.10 Å². The Kier molecular flexibility index (Phi) is 8.26. The summed E-state index contributed by atoms with van der Waals surface area (Å²) >= 11 is 0. The molecule has 6 nitrogen and oxygen atoms in total. The molecule has 7 heteroatoms. The van der Waals surface area contributed by atoms with Crippen LogP contribution in [0.2, 0.25) is 0 Å². The molecule has 1 N–H and O–H groups in total. The molecule has 0 radical (unpaired) electrons. The number of carbonyl (C=O) groups excluding carboxylic acids is 1. The molecule has 0 aromatic rings. The highest BCUT2D eigenvalue weighted by Crippen LogP contribution is 2.48. The van der Waals surface area contributed by atoms with Crippen molar-refractivity contribution in [2.75, 3.05) is 52.5 Å². The minimum absolute atomic E-state index is 0. The van der Waals surface area contributed by atoms with E-state index >= 15 is 0 Å². The van der Waals surface area contributed by atoms with Gasteiger partial charge in [-0.25, -0.2) is 4.79 Å². The SMILES string of the molecule is CCOC(=O)N1CCN(CC(O)COCC2CC3CCC2C3)CC1.Cl. The molecule has 2 aliphatic carbocycles. The molecule has 1 aliphatic heterocycles. The van der Waals surface area contributed by atoms with Crippen LogP contribution in [0, 0.1) is 17.8 Å². The molecule has 3 fully saturated rings. The van der Waals surface area contributed by atoms with Gasteiger partial charge in [0.05, 0.1) is 19.3 Å². The third-order valence-electron chi connectivity index (χ3n) is 5.89. The van der Waals surface area contributed by atoms with Crippen LogP contribution in [-0.4, -0.2) is 79.6 Å². The summed E-state index contributed by atoms with van der Waals surface area (Å²) in [6.45, 7) is 6.98. The van der Waals surface area contributed by atoms with E-state index in [9.17, 15) is 9.90 Å². The second-order valence-electron chi connectivity index (χ2n) is 7.61. The van der Waals surface area contributed by atoms with Gasteiger partial charge in [0, 0.05) is 39.3 Å². The van der Waals surface area contributed by atoms with E-state index in [0.29, 0.717) is 32.8 Å². The number of ether oxygens (including phenoxy) is 2. The second-order valence-corrected chi connectivity index (χ2v) is 7.61. The van der Waals surface area contributed by atoms with Gasteiger partial charge in [-0.2, -0.15) is 0 Å². The summed E-state index contributed by atoms with van der Waals surface area (Å²) in [4.78, 5) is 15.6. The average Bonchev–Trinajstić information content (AvgIpc) is 3.18. The number of β-amino-alcohol motifs (C(OH)–C–C–N with tert-alkyl or cyclic N) is 1. The van der Waals surface area contributed by atoms with Crippen LogP contribution < -0.4 is 0 Å². The van der Waals surface area contributed by atoms with Crippen LogP contribution in [0.3, 0.4) is 0 Å². The van der Waals surface area contributed by atoms with Gasteiger partial charge in [0.25, 0.3) is 0 Å². The summed E-state index contributed by atoms with van der Waals surface area (Å²) in [5.41, 5.74) is 0. The summed E-state index contributed by atoms with van der Waals surface area (Å²) < 4.78 is 10.8. The van der Waals surface area contributed by atoms with Crippen molar-refractivity contribution in [2.24, 2.45) is 17.8 Å². The highest BCUT2D eigenvalue weighted by Gasteiger charge is 2.39. The smallest absolute Gasteiger partial charge is 0.409 e. The maximum Gasteiger partial charge on any atom is 0.409 e. The monoisotopic (exact) mass is 376 g/mol. The van der Waals surface area contributed by atoms with Crippen LogP contribution in [0.4, 0.5) is 4.79 Å². The zero-order valence-corrected chi connectivity index (χ0v) is 16.1. The first-order valence-corrected chi connectivity index (χ1v) is 9.55. The molecule has 4 atom stereocenters. The zero-order valence-electron chi connectivity index (χ0n) is 15.3. The number of hydrogen-bond donors (Lipinski definition) is 1. The fraction of sp³-hybridized carbons (Fsp3) is 0.944. The minimum Gasteiger partial charge on any atom is -0.450 e. The molecule has 0 aromatic heterocycles. The van der Waals surface area contributed by atoms with E-state index in [0.717, 1.165) is 37.5 Å². The molecular weight excluding hydrogens is 344 g/mol. The zero-order chi connectivity index (χ0) is 16.9. The van der Waals surface area contributed by atoms with E-state index in [1.165, 1.54) is 25.7 Å². The van der Waals surface area contributed by atoms with Crippen molar-refractivity contribution in [1.29, 1.82) is 0 Å². The summed E-state index contributed by atoms with van der Waals surface area (Å²) in [5, 5.41) is 10.2.